The van der Waals surface area contributed by atoms with E-state index in [1.807, 2.05) is 0 Å². The van der Waals surface area contributed by atoms with Crippen LogP contribution in [-0.2, 0) is 6.54 Å². The zero-order valence-corrected chi connectivity index (χ0v) is 11.7. The summed E-state index contributed by atoms with van der Waals surface area (Å²) in [5.41, 5.74) is 9.78. The number of hydrogen-bond acceptors (Lipinski definition) is 2. The minimum atomic E-state index is 0.622. The zero-order chi connectivity index (χ0) is 12.8. The standard InChI is InChI=1S/C15H26N2/c1-12(10-16)7-8-17(4)11-15-6-5-13(2)14(3)9-15/h5-6,9,12H,7-8,10-11,16H2,1-4H3. The van der Waals surface area contributed by atoms with E-state index in [-0.39, 0.29) is 0 Å². The fourth-order valence-corrected chi connectivity index (χ4v) is 1.85. The Labute approximate surface area is 106 Å². The molecule has 0 saturated heterocycles. The Morgan fingerprint density at radius 1 is 1.24 bits per heavy atom. The van der Waals surface area contributed by atoms with Crippen molar-refractivity contribution in [3.8, 4) is 0 Å². The molecule has 2 N–H and O–H groups in total. The first-order chi connectivity index (χ1) is 8.02. The van der Waals surface area contributed by atoms with Crippen LogP contribution < -0.4 is 5.73 Å². The third kappa shape index (κ3) is 4.88. The quantitative estimate of drug-likeness (QED) is 0.820. The van der Waals surface area contributed by atoms with Crippen molar-refractivity contribution in [1.29, 1.82) is 0 Å². The average molecular weight is 234 g/mol. The number of nitrogens with zero attached hydrogens (tertiary/aromatic N) is 1. The topological polar surface area (TPSA) is 29.3 Å². The molecule has 0 saturated carbocycles. The van der Waals surface area contributed by atoms with Crippen molar-refractivity contribution in [2.45, 2.75) is 33.7 Å². The second-order valence-electron chi connectivity index (χ2n) is 5.29. The highest BCUT2D eigenvalue weighted by atomic mass is 15.1. The molecule has 0 aromatic heterocycles. The third-order valence-corrected chi connectivity index (χ3v) is 3.43. The molecule has 0 amide bonds. The predicted molar refractivity (Wildman–Crippen MR) is 75.1 cm³/mol. The number of benzene rings is 1. The molecule has 0 aliphatic heterocycles. The summed E-state index contributed by atoms with van der Waals surface area (Å²) in [5, 5.41) is 0. The Bertz CT molecular complexity index is 347. The molecule has 1 rings (SSSR count). The van der Waals surface area contributed by atoms with Gasteiger partial charge in [0, 0.05) is 6.54 Å². The maximum atomic E-state index is 5.63. The van der Waals surface area contributed by atoms with Crippen LogP contribution >= 0.6 is 0 Å². The van der Waals surface area contributed by atoms with Gasteiger partial charge >= 0.3 is 0 Å². The second-order valence-corrected chi connectivity index (χ2v) is 5.29. The van der Waals surface area contributed by atoms with Crippen LogP contribution in [0.4, 0.5) is 0 Å². The summed E-state index contributed by atoms with van der Waals surface area (Å²) in [7, 11) is 2.18. The highest BCUT2D eigenvalue weighted by molar-refractivity contribution is 5.29. The number of rotatable bonds is 6. The number of nitrogens with two attached hydrogens (primary N) is 1. The molecule has 0 aliphatic carbocycles. The maximum Gasteiger partial charge on any atom is 0.0230 e. The van der Waals surface area contributed by atoms with Gasteiger partial charge in [-0.2, -0.15) is 0 Å². The first-order valence-electron chi connectivity index (χ1n) is 6.47. The molecule has 2 heteroatoms. The number of aryl methyl sites for hydroxylation is 2. The van der Waals surface area contributed by atoms with E-state index < -0.39 is 0 Å². The van der Waals surface area contributed by atoms with E-state index in [1.54, 1.807) is 0 Å². The first-order valence-corrected chi connectivity index (χ1v) is 6.47. The van der Waals surface area contributed by atoms with E-state index in [4.69, 9.17) is 5.73 Å². The Hall–Kier alpha value is -0.860. The minimum absolute atomic E-state index is 0.622. The van der Waals surface area contributed by atoms with Crippen LogP contribution in [0.2, 0.25) is 0 Å². The van der Waals surface area contributed by atoms with E-state index in [0.29, 0.717) is 5.92 Å². The van der Waals surface area contributed by atoms with Crippen LogP contribution in [0.15, 0.2) is 18.2 Å². The molecule has 1 unspecified atom stereocenters. The molecule has 0 fully saturated rings. The van der Waals surface area contributed by atoms with Gasteiger partial charge in [0.05, 0.1) is 0 Å². The Morgan fingerprint density at radius 2 is 1.94 bits per heavy atom. The van der Waals surface area contributed by atoms with Gasteiger partial charge in [-0.3, -0.25) is 0 Å². The fraction of sp³-hybridized carbons (Fsp3) is 0.600. The summed E-state index contributed by atoms with van der Waals surface area (Å²) in [5.74, 6) is 0.622. The van der Waals surface area contributed by atoms with Gasteiger partial charge < -0.3 is 10.6 Å². The predicted octanol–water partition coefficient (Wildman–Crippen LogP) is 2.72. The van der Waals surface area contributed by atoms with Crippen molar-refractivity contribution in [1.82, 2.24) is 4.90 Å². The molecule has 0 heterocycles. The monoisotopic (exact) mass is 234 g/mol. The second kappa shape index (κ2) is 6.77. The van der Waals surface area contributed by atoms with Gasteiger partial charge in [-0.05, 0) is 63.0 Å². The van der Waals surface area contributed by atoms with Gasteiger partial charge in [0.1, 0.15) is 0 Å². The fourth-order valence-electron chi connectivity index (χ4n) is 1.85. The summed E-state index contributed by atoms with van der Waals surface area (Å²) in [6, 6.07) is 6.73. The zero-order valence-electron chi connectivity index (χ0n) is 11.7. The molecule has 1 aromatic rings. The summed E-state index contributed by atoms with van der Waals surface area (Å²) < 4.78 is 0. The third-order valence-electron chi connectivity index (χ3n) is 3.43. The molecule has 0 radical (unpaired) electrons. The molecule has 96 valence electrons. The molecule has 0 spiro atoms. The summed E-state index contributed by atoms with van der Waals surface area (Å²) in [6.07, 6.45) is 1.18. The SMILES string of the molecule is Cc1ccc(CN(C)CCC(C)CN)cc1C. The first kappa shape index (κ1) is 14.2. The van der Waals surface area contributed by atoms with Gasteiger partial charge in [0.25, 0.3) is 0 Å². The normalized spacial score (nSPS) is 13.1. The van der Waals surface area contributed by atoms with Crippen molar-refractivity contribution in [2.75, 3.05) is 20.1 Å². The smallest absolute Gasteiger partial charge is 0.0230 e. The highest BCUT2D eigenvalue weighted by Crippen LogP contribution is 2.12. The lowest BCUT2D eigenvalue weighted by atomic mass is 10.1. The Balaban J connectivity index is 2.44. The lowest BCUT2D eigenvalue weighted by Gasteiger charge is -2.19. The van der Waals surface area contributed by atoms with E-state index >= 15 is 0 Å². The van der Waals surface area contributed by atoms with Gasteiger partial charge in [0.15, 0.2) is 0 Å². The van der Waals surface area contributed by atoms with Gasteiger partial charge in [-0.15, -0.1) is 0 Å². The van der Waals surface area contributed by atoms with E-state index in [9.17, 15) is 0 Å². The van der Waals surface area contributed by atoms with Gasteiger partial charge in [0.2, 0.25) is 0 Å². The molecule has 0 aliphatic rings. The van der Waals surface area contributed by atoms with Crippen LogP contribution in [-0.4, -0.2) is 25.0 Å². The molecule has 17 heavy (non-hydrogen) atoms. The molecular formula is C15H26N2. The van der Waals surface area contributed by atoms with Crippen molar-refractivity contribution in [3.05, 3.63) is 34.9 Å². The van der Waals surface area contributed by atoms with Crippen LogP contribution in [0.25, 0.3) is 0 Å². The van der Waals surface area contributed by atoms with Gasteiger partial charge in [-0.25, -0.2) is 0 Å². The molecule has 1 atom stereocenters. The van der Waals surface area contributed by atoms with Crippen LogP contribution in [0.5, 0.6) is 0 Å². The van der Waals surface area contributed by atoms with Crippen molar-refractivity contribution in [2.24, 2.45) is 11.7 Å². The minimum Gasteiger partial charge on any atom is -0.330 e. The van der Waals surface area contributed by atoms with Crippen molar-refractivity contribution >= 4 is 0 Å². The lowest BCUT2D eigenvalue weighted by molar-refractivity contribution is 0.300. The van der Waals surface area contributed by atoms with E-state index in [2.05, 4.69) is 50.9 Å². The number of hydrogen-bond donors (Lipinski definition) is 1. The highest BCUT2D eigenvalue weighted by Gasteiger charge is 2.04. The van der Waals surface area contributed by atoms with Crippen LogP contribution in [0, 0.1) is 19.8 Å². The Morgan fingerprint density at radius 3 is 2.53 bits per heavy atom. The summed E-state index contributed by atoms with van der Waals surface area (Å²) in [6.45, 7) is 9.48. The van der Waals surface area contributed by atoms with Crippen LogP contribution in [0.3, 0.4) is 0 Å². The Kier molecular flexibility index (Phi) is 5.66. The average Bonchev–Trinajstić information content (AvgIpc) is 2.31. The largest absolute Gasteiger partial charge is 0.330 e. The maximum absolute atomic E-state index is 5.63. The molecule has 1 aromatic carbocycles. The lowest BCUT2D eigenvalue weighted by Crippen LogP contribution is -2.23. The van der Waals surface area contributed by atoms with Crippen molar-refractivity contribution < 1.29 is 0 Å². The van der Waals surface area contributed by atoms with Gasteiger partial charge in [-0.1, -0.05) is 25.1 Å². The molecule has 0 bridgehead atoms. The molecule has 2 nitrogen and oxygen atoms in total. The van der Waals surface area contributed by atoms with E-state index in [1.165, 1.54) is 23.1 Å². The van der Waals surface area contributed by atoms with E-state index in [0.717, 1.165) is 19.6 Å². The van der Waals surface area contributed by atoms with Crippen molar-refractivity contribution in [3.63, 3.8) is 0 Å². The molecular weight excluding hydrogens is 208 g/mol. The summed E-state index contributed by atoms with van der Waals surface area (Å²) >= 11 is 0. The van der Waals surface area contributed by atoms with Crippen LogP contribution in [0.1, 0.15) is 30.0 Å². The summed E-state index contributed by atoms with van der Waals surface area (Å²) in [4.78, 5) is 2.37.